The Hall–Kier alpha value is -2.42. The average molecular weight is 341 g/mol. The molecule has 0 amide bonds. The number of hydrogen-bond acceptors (Lipinski definition) is 7. The number of anilines is 1. The van der Waals surface area contributed by atoms with Gasteiger partial charge in [-0.15, -0.1) is 0 Å². The molecule has 104 valence electrons. The molecule has 0 spiro atoms. The van der Waals surface area contributed by atoms with Crippen molar-refractivity contribution in [3.63, 3.8) is 0 Å². The van der Waals surface area contributed by atoms with E-state index < -0.39 is 4.92 Å². The van der Waals surface area contributed by atoms with Gasteiger partial charge in [0, 0.05) is 0 Å². The second-order valence-electron chi connectivity index (χ2n) is 3.57. The SMILES string of the molecule is COc1ccc(Oc2nc(N)ncc2Br)cc1[N+](=O)[O-]. The van der Waals surface area contributed by atoms with Crippen LogP contribution in [0.3, 0.4) is 0 Å². The van der Waals surface area contributed by atoms with Crippen molar-refractivity contribution >= 4 is 27.6 Å². The molecule has 0 bridgehead atoms. The first kappa shape index (κ1) is 14.0. The number of nitro benzene ring substituents is 1. The molecular weight excluding hydrogens is 332 g/mol. The van der Waals surface area contributed by atoms with E-state index in [-0.39, 0.29) is 29.0 Å². The van der Waals surface area contributed by atoms with Gasteiger partial charge in [0.25, 0.3) is 0 Å². The van der Waals surface area contributed by atoms with Crippen molar-refractivity contribution in [3.05, 3.63) is 39.0 Å². The molecule has 8 nitrogen and oxygen atoms in total. The summed E-state index contributed by atoms with van der Waals surface area (Å²) in [7, 11) is 1.35. The fourth-order valence-corrected chi connectivity index (χ4v) is 1.70. The van der Waals surface area contributed by atoms with Crippen molar-refractivity contribution in [3.8, 4) is 17.4 Å². The number of nitrogen functional groups attached to an aromatic ring is 1. The lowest BCUT2D eigenvalue weighted by Crippen LogP contribution is -1.98. The summed E-state index contributed by atoms with van der Waals surface area (Å²) < 4.78 is 10.8. The Morgan fingerprint density at radius 3 is 2.85 bits per heavy atom. The van der Waals surface area contributed by atoms with Crippen LogP contribution in [0.2, 0.25) is 0 Å². The van der Waals surface area contributed by atoms with E-state index in [1.807, 2.05) is 0 Å². The topological polar surface area (TPSA) is 113 Å². The van der Waals surface area contributed by atoms with Gasteiger partial charge in [0.05, 0.1) is 28.8 Å². The normalized spacial score (nSPS) is 10.1. The zero-order valence-electron chi connectivity index (χ0n) is 10.2. The molecule has 2 rings (SSSR count). The number of nitro groups is 1. The van der Waals surface area contributed by atoms with Crippen LogP contribution < -0.4 is 15.2 Å². The zero-order chi connectivity index (χ0) is 14.7. The molecule has 0 fully saturated rings. The van der Waals surface area contributed by atoms with E-state index in [1.54, 1.807) is 0 Å². The highest BCUT2D eigenvalue weighted by molar-refractivity contribution is 9.10. The maximum atomic E-state index is 10.9. The third-order valence-corrected chi connectivity index (χ3v) is 2.84. The van der Waals surface area contributed by atoms with E-state index in [0.29, 0.717) is 4.47 Å². The number of nitrogens with zero attached hydrogens (tertiary/aromatic N) is 3. The van der Waals surface area contributed by atoms with E-state index in [0.717, 1.165) is 0 Å². The summed E-state index contributed by atoms with van der Waals surface area (Å²) in [5.41, 5.74) is 5.25. The van der Waals surface area contributed by atoms with Gasteiger partial charge in [0.15, 0.2) is 5.75 Å². The van der Waals surface area contributed by atoms with Crippen molar-refractivity contribution in [1.82, 2.24) is 9.97 Å². The average Bonchev–Trinajstić information content (AvgIpc) is 2.42. The molecule has 0 radical (unpaired) electrons. The van der Waals surface area contributed by atoms with Gasteiger partial charge in [-0.05, 0) is 28.1 Å². The number of methoxy groups -OCH3 is 1. The smallest absolute Gasteiger partial charge is 0.314 e. The number of halogens is 1. The molecule has 0 aliphatic carbocycles. The van der Waals surface area contributed by atoms with Crippen LogP contribution in [0, 0.1) is 10.1 Å². The van der Waals surface area contributed by atoms with Gasteiger partial charge in [-0.3, -0.25) is 10.1 Å². The maximum absolute atomic E-state index is 10.9. The molecule has 1 aromatic heterocycles. The summed E-state index contributed by atoms with van der Waals surface area (Å²) in [5, 5.41) is 10.9. The standard InChI is InChI=1S/C11H9BrN4O4/c1-19-9-3-2-6(4-8(9)16(17)18)20-10-7(12)5-14-11(13)15-10/h2-5H,1H3,(H2,13,14,15). The number of rotatable bonds is 4. The van der Waals surface area contributed by atoms with Gasteiger partial charge >= 0.3 is 5.69 Å². The quantitative estimate of drug-likeness (QED) is 0.671. The van der Waals surface area contributed by atoms with Crippen LogP contribution in [-0.2, 0) is 0 Å². The summed E-state index contributed by atoms with van der Waals surface area (Å²) in [6.07, 6.45) is 1.43. The minimum absolute atomic E-state index is 0.0335. The highest BCUT2D eigenvalue weighted by Gasteiger charge is 2.17. The van der Waals surface area contributed by atoms with Crippen LogP contribution >= 0.6 is 15.9 Å². The van der Waals surface area contributed by atoms with Crippen molar-refractivity contribution in [2.45, 2.75) is 0 Å². The van der Waals surface area contributed by atoms with Crippen molar-refractivity contribution in [2.24, 2.45) is 0 Å². The summed E-state index contributed by atoms with van der Waals surface area (Å²) in [6, 6.07) is 4.20. The molecule has 9 heteroatoms. The van der Waals surface area contributed by atoms with Crippen LogP contribution in [0.1, 0.15) is 0 Å². The van der Waals surface area contributed by atoms with E-state index in [2.05, 4.69) is 25.9 Å². The third-order valence-electron chi connectivity index (χ3n) is 2.29. The first-order valence-corrected chi connectivity index (χ1v) is 6.09. The lowest BCUT2D eigenvalue weighted by atomic mass is 10.3. The van der Waals surface area contributed by atoms with Crippen LogP contribution in [0.4, 0.5) is 11.6 Å². The Morgan fingerprint density at radius 1 is 1.45 bits per heavy atom. The maximum Gasteiger partial charge on any atom is 0.314 e. The van der Waals surface area contributed by atoms with E-state index in [9.17, 15) is 10.1 Å². The predicted molar refractivity (Wildman–Crippen MR) is 73.9 cm³/mol. The number of benzene rings is 1. The summed E-state index contributed by atoms with van der Waals surface area (Å²) in [4.78, 5) is 18.0. The van der Waals surface area contributed by atoms with Gasteiger partial charge in [0.2, 0.25) is 11.8 Å². The number of nitrogens with two attached hydrogens (primary N) is 1. The highest BCUT2D eigenvalue weighted by atomic mass is 79.9. The second kappa shape index (κ2) is 5.70. The molecule has 0 saturated carbocycles. The summed E-state index contributed by atoms with van der Waals surface area (Å²) in [5.74, 6) is 0.572. The lowest BCUT2D eigenvalue weighted by molar-refractivity contribution is -0.385. The zero-order valence-corrected chi connectivity index (χ0v) is 11.8. The molecule has 2 aromatic rings. The van der Waals surface area contributed by atoms with Crippen molar-refractivity contribution in [2.75, 3.05) is 12.8 Å². The highest BCUT2D eigenvalue weighted by Crippen LogP contribution is 2.34. The van der Waals surface area contributed by atoms with Crippen molar-refractivity contribution in [1.29, 1.82) is 0 Å². The number of ether oxygens (including phenoxy) is 2. The van der Waals surface area contributed by atoms with Crippen LogP contribution in [-0.4, -0.2) is 22.0 Å². The number of aromatic nitrogens is 2. The van der Waals surface area contributed by atoms with Crippen LogP contribution in [0.25, 0.3) is 0 Å². The predicted octanol–water partition coefficient (Wildman–Crippen LogP) is 2.53. The minimum Gasteiger partial charge on any atom is -0.490 e. The molecule has 0 saturated heterocycles. The Bertz CT molecular complexity index is 665. The fourth-order valence-electron chi connectivity index (χ4n) is 1.42. The van der Waals surface area contributed by atoms with E-state index in [4.69, 9.17) is 15.2 Å². The van der Waals surface area contributed by atoms with Gasteiger partial charge in [-0.1, -0.05) is 0 Å². The molecule has 0 aliphatic rings. The Labute approximate surface area is 121 Å². The third kappa shape index (κ3) is 2.94. The van der Waals surface area contributed by atoms with Gasteiger partial charge in [-0.2, -0.15) is 4.98 Å². The van der Waals surface area contributed by atoms with Gasteiger partial charge in [0.1, 0.15) is 5.75 Å². The van der Waals surface area contributed by atoms with Gasteiger partial charge in [-0.25, -0.2) is 4.98 Å². The molecule has 0 atom stereocenters. The summed E-state index contributed by atoms with van der Waals surface area (Å²) in [6.45, 7) is 0. The summed E-state index contributed by atoms with van der Waals surface area (Å²) >= 11 is 3.20. The molecule has 0 unspecified atom stereocenters. The Morgan fingerprint density at radius 2 is 2.20 bits per heavy atom. The fraction of sp³-hybridized carbons (Fsp3) is 0.0909. The first-order valence-electron chi connectivity index (χ1n) is 5.29. The largest absolute Gasteiger partial charge is 0.490 e. The molecule has 0 aliphatic heterocycles. The van der Waals surface area contributed by atoms with E-state index in [1.165, 1.54) is 31.5 Å². The molecule has 1 heterocycles. The van der Waals surface area contributed by atoms with E-state index >= 15 is 0 Å². The van der Waals surface area contributed by atoms with Crippen LogP contribution in [0.5, 0.6) is 17.4 Å². The molecule has 1 aromatic carbocycles. The van der Waals surface area contributed by atoms with Crippen molar-refractivity contribution < 1.29 is 14.4 Å². The van der Waals surface area contributed by atoms with Crippen LogP contribution in [0.15, 0.2) is 28.9 Å². The Kier molecular flexibility index (Phi) is 3.99. The molecular formula is C11H9BrN4O4. The molecule has 20 heavy (non-hydrogen) atoms. The Balaban J connectivity index is 2.37. The van der Waals surface area contributed by atoms with Gasteiger partial charge < -0.3 is 15.2 Å². The molecule has 2 N–H and O–H groups in total. The monoisotopic (exact) mass is 340 g/mol. The lowest BCUT2D eigenvalue weighted by Gasteiger charge is -2.08. The minimum atomic E-state index is -0.560. The second-order valence-corrected chi connectivity index (χ2v) is 4.43. The number of hydrogen-bond donors (Lipinski definition) is 1. The first-order chi connectivity index (χ1) is 9.51.